The number of benzene rings is 2. The van der Waals surface area contributed by atoms with E-state index in [0.717, 1.165) is 11.1 Å². The molecule has 0 amide bonds. The van der Waals surface area contributed by atoms with Gasteiger partial charge in [0.2, 0.25) is 0 Å². The SMILES string of the molecule is Cc1ccc(-c2cccc(F)c2N)cc1. The second-order valence-corrected chi connectivity index (χ2v) is 3.57. The van der Waals surface area contributed by atoms with Crippen LogP contribution in [0.15, 0.2) is 42.5 Å². The first kappa shape index (κ1) is 9.71. The van der Waals surface area contributed by atoms with Crippen molar-refractivity contribution in [3.05, 3.63) is 53.8 Å². The molecular weight excluding hydrogens is 189 g/mol. The molecule has 0 aliphatic rings. The zero-order chi connectivity index (χ0) is 10.8. The van der Waals surface area contributed by atoms with Crippen molar-refractivity contribution in [2.24, 2.45) is 0 Å². The Labute approximate surface area is 88.4 Å². The van der Waals surface area contributed by atoms with E-state index in [-0.39, 0.29) is 11.5 Å². The highest BCUT2D eigenvalue weighted by Crippen LogP contribution is 2.27. The molecule has 2 N–H and O–H groups in total. The predicted octanol–water partition coefficient (Wildman–Crippen LogP) is 3.38. The Kier molecular flexibility index (Phi) is 2.42. The summed E-state index contributed by atoms with van der Waals surface area (Å²) in [6.07, 6.45) is 0. The van der Waals surface area contributed by atoms with E-state index in [1.807, 2.05) is 37.3 Å². The Morgan fingerprint density at radius 1 is 1.00 bits per heavy atom. The molecule has 15 heavy (non-hydrogen) atoms. The maximum atomic E-state index is 13.2. The summed E-state index contributed by atoms with van der Waals surface area (Å²) in [5.74, 6) is -0.368. The topological polar surface area (TPSA) is 26.0 Å². The first-order valence-electron chi connectivity index (χ1n) is 4.79. The van der Waals surface area contributed by atoms with Gasteiger partial charge in [-0.05, 0) is 18.6 Å². The van der Waals surface area contributed by atoms with Crippen LogP contribution in [0.1, 0.15) is 5.56 Å². The van der Waals surface area contributed by atoms with Crippen LogP contribution in [0.3, 0.4) is 0 Å². The average molecular weight is 201 g/mol. The molecule has 1 nitrogen and oxygen atoms in total. The summed E-state index contributed by atoms with van der Waals surface area (Å²) in [6, 6.07) is 12.7. The quantitative estimate of drug-likeness (QED) is 0.703. The molecule has 0 bridgehead atoms. The molecule has 2 heteroatoms. The van der Waals surface area contributed by atoms with Crippen LogP contribution in [0.25, 0.3) is 11.1 Å². The Morgan fingerprint density at radius 2 is 1.67 bits per heavy atom. The molecule has 2 aromatic rings. The van der Waals surface area contributed by atoms with Gasteiger partial charge in [0.25, 0.3) is 0 Å². The molecule has 2 rings (SSSR count). The molecule has 0 saturated heterocycles. The molecule has 0 aliphatic carbocycles. The standard InChI is InChI=1S/C13H12FN/c1-9-5-7-10(8-6-9)11-3-2-4-12(14)13(11)15/h2-8H,15H2,1H3. The van der Waals surface area contributed by atoms with Crippen molar-refractivity contribution in [2.75, 3.05) is 5.73 Å². The van der Waals surface area contributed by atoms with Crippen molar-refractivity contribution in [3.8, 4) is 11.1 Å². The molecule has 0 saturated carbocycles. The highest BCUT2D eigenvalue weighted by molar-refractivity contribution is 5.76. The van der Waals surface area contributed by atoms with Crippen molar-refractivity contribution < 1.29 is 4.39 Å². The van der Waals surface area contributed by atoms with E-state index in [0.29, 0.717) is 0 Å². The molecule has 2 aromatic carbocycles. The third-order valence-corrected chi connectivity index (χ3v) is 2.42. The second-order valence-electron chi connectivity index (χ2n) is 3.57. The molecule has 0 atom stereocenters. The lowest BCUT2D eigenvalue weighted by molar-refractivity contribution is 0.633. The molecular formula is C13H12FN. The van der Waals surface area contributed by atoms with Crippen LogP contribution < -0.4 is 5.73 Å². The van der Waals surface area contributed by atoms with Crippen molar-refractivity contribution in [2.45, 2.75) is 6.92 Å². The van der Waals surface area contributed by atoms with Gasteiger partial charge in [0.15, 0.2) is 0 Å². The predicted molar refractivity (Wildman–Crippen MR) is 61.0 cm³/mol. The van der Waals surface area contributed by atoms with E-state index in [1.54, 1.807) is 6.07 Å². The maximum Gasteiger partial charge on any atom is 0.146 e. The lowest BCUT2D eigenvalue weighted by Gasteiger charge is -2.06. The molecule has 0 fully saturated rings. The Balaban J connectivity index is 2.54. The van der Waals surface area contributed by atoms with Gasteiger partial charge in [0, 0.05) is 5.56 Å². The zero-order valence-corrected chi connectivity index (χ0v) is 8.50. The molecule has 0 unspecified atom stereocenters. The van der Waals surface area contributed by atoms with Gasteiger partial charge in [-0.3, -0.25) is 0 Å². The number of hydrogen-bond donors (Lipinski definition) is 1. The van der Waals surface area contributed by atoms with Crippen LogP contribution in [0.4, 0.5) is 10.1 Å². The number of nitrogens with two attached hydrogens (primary N) is 1. The smallest absolute Gasteiger partial charge is 0.146 e. The summed E-state index contributed by atoms with van der Waals surface area (Å²) >= 11 is 0. The lowest BCUT2D eigenvalue weighted by atomic mass is 10.0. The number of aryl methyl sites for hydroxylation is 1. The first-order chi connectivity index (χ1) is 7.18. The van der Waals surface area contributed by atoms with Crippen molar-refractivity contribution in [1.82, 2.24) is 0 Å². The van der Waals surface area contributed by atoms with Gasteiger partial charge >= 0.3 is 0 Å². The van der Waals surface area contributed by atoms with Gasteiger partial charge in [-0.1, -0.05) is 42.0 Å². The summed E-state index contributed by atoms with van der Waals surface area (Å²) in [7, 11) is 0. The van der Waals surface area contributed by atoms with E-state index < -0.39 is 0 Å². The number of rotatable bonds is 1. The average Bonchev–Trinajstić information content (AvgIpc) is 2.24. The largest absolute Gasteiger partial charge is 0.396 e. The highest BCUT2D eigenvalue weighted by atomic mass is 19.1. The third kappa shape index (κ3) is 1.84. The summed E-state index contributed by atoms with van der Waals surface area (Å²) in [6.45, 7) is 2.01. The van der Waals surface area contributed by atoms with Gasteiger partial charge in [0.05, 0.1) is 5.69 Å². The maximum absolute atomic E-state index is 13.2. The number of halogens is 1. The monoisotopic (exact) mass is 201 g/mol. The summed E-state index contributed by atoms with van der Waals surface area (Å²) in [4.78, 5) is 0. The Morgan fingerprint density at radius 3 is 2.33 bits per heavy atom. The Bertz CT molecular complexity index is 474. The fraction of sp³-hybridized carbons (Fsp3) is 0.0769. The number of nitrogen functional groups attached to an aromatic ring is 1. The summed E-state index contributed by atoms with van der Waals surface area (Å²) in [5.41, 5.74) is 8.75. The fourth-order valence-electron chi connectivity index (χ4n) is 1.52. The molecule has 76 valence electrons. The van der Waals surface area contributed by atoms with Crippen LogP contribution in [0.5, 0.6) is 0 Å². The molecule has 0 heterocycles. The van der Waals surface area contributed by atoms with E-state index in [4.69, 9.17) is 5.73 Å². The van der Waals surface area contributed by atoms with Gasteiger partial charge < -0.3 is 5.73 Å². The minimum Gasteiger partial charge on any atom is -0.396 e. The second kappa shape index (κ2) is 3.73. The zero-order valence-electron chi connectivity index (χ0n) is 8.50. The first-order valence-corrected chi connectivity index (χ1v) is 4.79. The van der Waals surface area contributed by atoms with Crippen LogP contribution in [0, 0.1) is 12.7 Å². The molecule has 0 aliphatic heterocycles. The van der Waals surface area contributed by atoms with Gasteiger partial charge in [-0.2, -0.15) is 0 Å². The van der Waals surface area contributed by atoms with E-state index >= 15 is 0 Å². The minimum absolute atomic E-state index is 0.210. The number of anilines is 1. The van der Waals surface area contributed by atoms with E-state index in [9.17, 15) is 4.39 Å². The number of para-hydroxylation sites is 1. The van der Waals surface area contributed by atoms with Crippen LogP contribution in [0.2, 0.25) is 0 Å². The van der Waals surface area contributed by atoms with Crippen LogP contribution >= 0.6 is 0 Å². The fourth-order valence-corrected chi connectivity index (χ4v) is 1.52. The third-order valence-electron chi connectivity index (χ3n) is 2.42. The molecule has 0 aromatic heterocycles. The Hall–Kier alpha value is -1.83. The van der Waals surface area contributed by atoms with Crippen molar-refractivity contribution in [1.29, 1.82) is 0 Å². The normalized spacial score (nSPS) is 10.3. The van der Waals surface area contributed by atoms with Gasteiger partial charge in [-0.25, -0.2) is 4.39 Å². The minimum atomic E-state index is -0.368. The van der Waals surface area contributed by atoms with E-state index in [1.165, 1.54) is 11.6 Å². The highest BCUT2D eigenvalue weighted by Gasteiger charge is 2.05. The summed E-state index contributed by atoms with van der Waals surface area (Å²) < 4.78 is 13.2. The van der Waals surface area contributed by atoms with E-state index in [2.05, 4.69) is 0 Å². The van der Waals surface area contributed by atoms with Crippen molar-refractivity contribution in [3.63, 3.8) is 0 Å². The van der Waals surface area contributed by atoms with Gasteiger partial charge in [-0.15, -0.1) is 0 Å². The van der Waals surface area contributed by atoms with Crippen LogP contribution in [-0.4, -0.2) is 0 Å². The van der Waals surface area contributed by atoms with Crippen LogP contribution in [-0.2, 0) is 0 Å². The van der Waals surface area contributed by atoms with Crippen molar-refractivity contribution >= 4 is 5.69 Å². The summed E-state index contributed by atoms with van der Waals surface area (Å²) in [5, 5.41) is 0. The molecule has 0 radical (unpaired) electrons. The number of hydrogen-bond acceptors (Lipinski definition) is 1. The lowest BCUT2D eigenvalue weighted by Crippen LogP contribution is -1.93. The van der Waals surface area contributed by atoms with Gasteiger partial charge in [0.1, 0.15) is 5.82 Å². The molecule has 0 spiro atoms.